The van der Waals surface area contributed by atoms with Gasteiger partial charge in [-0.15, -0.1) is 0 Å². The second-order valence-electron chi connectivity index (χ2n) is 6.82. The second kappa shape index (κ2) is 8.44. The van der Waals surface area contributed by atoms with Crippen LogP contribution in [-0.2, 0) is 12.7 Å². The van der Waals surface area contributed by atoms with E-state index in [1.165, 1.54) is 29.4 Å². The summed E-state index contributed by atoms with van der Waals surface area (Å²) in [6.45, 7) is 1.93. The average Bonchev–Trinajstić information content (AvgIpc) is 3.24. The molecule has 0 radical (unpaired) electrons. The molecular formula is C22H19F3N2O3. The van der Waals surface area contributed by atoms with Crippen LogP contribution in [0, 0.1) is 6.92 Å². The summed E-state index contributed by atoms with van der Waals surface area (Å²) in [5, 5.41) is 2.71. The van der Waals surface area contributed by atoms with E-state index in [1.54, 1.807) is 38.2 Å². The van der Waals surface area contributed by atoms with E-state index in [0.717, 1.165) is 17.7 Å². The van der Waals surface area contributed by atoms with Crippen LogP contribution >= 0.6 is 0 Å². The fourth-order valence-corrected chi connectivity index (χ4v) is 2.85. The molecule has 0 aliphatic heterocycles. The number of alkyl halides is 3. The Labute approximate surface area is 171 Å². The van der Waals surface area contributed by atoms with Crippen molar-refractivity contribution < 1.29 is 27.2 Å². The maximum Gasteiger partial charge on any atom is 0.416 e. The van der Waals surface area contributed by atoms with Crippen LogP contribution in [0.25, 0.3) is 0 Å². The number of aryl methyl sites for hydroxylation is 1. The molecule has 0 bridgehead atoms. The number of hydrogen-bond acceptors (Lipinski definition) is 3. The monoisotopic (exact) mass is 416 g/mol. The van der Waals surface area contributed by atoms with Crippen molar-refractivity contribution in [1.29, 1.82) is 0 Å². The van der Waals surface area contributed by atoms with E-state index in [1.807, 2.05) is 0 Å². The Kier molecular flexibility index (Phi) is 5.96. The Bertz CT molecular complexity index is 1040. The van der Waals surface area contributed by atoms with Gasteiger partial charge >= 0.3 is 6.18 Å². The third-order valence-electron chi connectivity index (χ3n) is 4.53. The summed E-state index contributed by atoms with van der Waals surface area (Å²) in [6.07, 6.45) is -3.02. The summed E-state index contributed by atoms with van der Waals surface area (Å²) >= 11 is 0. The van der Waals surface area contributed by atoms with Gasteiger partial charge in [-0.05, 0) is 54.4 Å². The van der Waals surface area contributed by atoms with Gasteiger partial charge < -0.3 is 14.6 Å². The zero-order valence-electron chi connectivity index (χ0n) is 16.3. The minimum absolute atomic E-state index is 0.138. The third kappa shape index (κ3) is 4.89. The Morgan fingerprint density at radius 1 is 1.07 bits per heavy atom. The van der Waals surface area contributed by atoms with Crippen LogP contribution in [0.15, 0.2) is 65.3 Å². The third-order valence-corrected chi connectivity index (χ3v) is 4.53. The lowest BCUT2D eigenvalue weighted by Crippen LogP contribution is -2.26. The molecule has 3 aromatic rings. The van der Waals surface area contributed by atoms with E-state index in [4.69, 9.17) is 4.42 Å². The second-order valence-corrected chi connectivity index (χ2v) is 6.82. The van der Waals surface area contributed by atoms with Crippen molar-refractivity contribution in [3.05, 3.63) is 88.9 Å². The van der Waals surface area contributed by atoms with E-state index in [-0.39, 0.29) is 18.2 Å². The van der Waals surface area contributed by atoms with E-state index in [9.17, 15) is 22.8 Å². The highest BCUT2D eigenvalue weighted by Gasteiger charge is 2.30. The Hall–Kier alpha value is -3.55. The molecule has 30 heavy (non-hydrogen) atoms. The van der Waals surface area contributed by atoms with Crippen molar-refractivity contribution in [1.82, 2.24) is 4.90 Å². The number of carbonyl (C=O) groups is 2. The van der Waals surface area contributed by atoms with Crippen LogP contribution in [0.5, 0.6) is 0 Å². The van der Waals surface area contributed by atoms with Gasteiger partial charge in [-0.25, -0.2) is 0 Å². The summed E-state index contributed by atoms with van der Waals surface area (Å²) < 4.78 is 43.1. The topological polar surface area (TPSA) is 62.6 Å². The standard InChI is InChI=1S/C22H19F3N2O3/c1-14-5-8-16(12-18(14)26-20(28)19-4-3-11-30-19)21(29)27(2)13-15-6-9-17(10-7-15)22(23,24)25/h3-12H,13H2,1-2H3,(H,26,28). The summed E-state index contributed by atoms with van der Waals surface area (Å²) in [4.78, 5) is 26.4. The van der Waals surface area contributed by atoms with Crippen molar-refractivity contribution in [2.24, 2.45) is 0 Å². The molecule has 0 saturated heterocycles. The molecule has 2 aromatic carbocycles. The van der Waals surface area contributed by atoms with Crippen molar-refractivity contribution in [2.75, 3.05) is 12.4 Å². The molecule has 0 aliphatic rings. The largest absolute Gasteiger partial charge is 0.459 e. The molecule has 0 fully saturated rings. The molecule has 0 aliphatic carbocycles. The van der Waals surface area contributed by atoms with E-state index >= 15 is 0 Å². The number of hydrogen-bond donors (Lipinski definition) is 1. The highest BCUT2D eigenvalue weighted by molar-refractivity contribution is 6.03. The van der Waals surface area contributed by atoms with Gasteiger partial charge in [0.05, 0.1) is 11.8 Å². The quantitative estimate of drug-likeness (QED) is 0.627. The number of anilines is 1. The minimum Gasteiger partial charge on any atom is -0.459 e. The Morgan fingerprint density at radius 2 is 1.77 bits per heavy atom. The molecule has 1 aromatic heterocycles. The van der Waals surface area contributed by atoms with Crippen molar-refractivity contribution in [3.8, 4) is 0 Å². The Balaban J connectivity index is 1.72. The molecule has 156 valence electrons. The van der Waals surface area contributed by atoms with Crippen LogP contribution in [-0.4, -0.2) is 23.8 Å². The molecule has 0 saturated carbocycles. The SMILES string of the molecule is Cc1ccc(C(=O)N(C)Cc2ccc(C(F)(F)F)cc2)cc1NC(=O)c1ccco1. The lowest BCUT2D eigenvalue weighted by molar-refractivity contribution is -0.137. The fraction of sp³-hybridized carbons (Fsp3) is 0.182. The smallest absolute Gasteiger partial charge is 0.416 e. The van der Waals surface area contributed by atoms with Gasteiger partial charge in [0.1, 0.15) is 0 Å². The summed E-state index contributed by atoms with van der Waals surface area (Å²) in [5.41, 5.74) is 1.39. The lowest BCUT2D eigenvalue weighted by Gasteiger charge is -2.19. The zero-order chi connectivity index (χ0) is 21.9. The first-order valence-corrected chi connectivity index (χ1v) is 9.02. The van der Waals surface area contributed by atoms with E-state index in [2.05, 4.69) is 5.32 Å². The zero-order valence-corrected chi connectivity index (χ0v) is 16.3. The van der Waals surface area contributed by atoms with Crippen LogP contribution < -0.4 is 5.32 Å². The molecular weight excluding hydrogens is 397 g/mol. The molecule has 5 nitrogen and oxygen atoms in total. The van der Waals surface area contributed by atoms with Crippen LogP contribution in [0.4, 0.5) is 18.9 Å². The van der Waals surface area contributed by atoms with Crippen LogP contribution in [0.2, 0.25) is 0 Å². The number of halogens is 3. The number of nitrogens with one attached hydrogen (secondary N) is 1. The first-order chi connectivity index (χ1) is 14.1. The van der Waals surface area contributed by atoms with E-state index < -0.39 is 17.6 Å². The predicted molar refractivity (Wildman–Crippen MR) is 105 cm³/mol. The number of amides is 2. The molecule has 0 unspecified atom stereocenters. The normalized spacial score (nSPS) is 11.2. The number of carbonyl (C=O) groups excluding carboxylic acids is 2. The predicted octanol–water partition coefficient (Wildman–Crippen LogP) is 5.13. The molecule has 1 heterocycles. The van der Waals surface area contributed by atoms with Gasteiger partial charge in [-0.2, -0.15) is 13.2 Å². The molecule has 0 spiro atoms. The van der Waals surface area contributed by atoms with Gasteiger partial charge in [-0.1, -0.05) is 18.2 Å². The van der Waals surface area contributed by atoms with Crippen LogP contribution in [0.1, 0.15) is 37.6 Å². The molecule has 1 N–H and O–H groups in total. The fourth-order valence-electron chi connectivity index (χ4n) is 2.85. The van der Waals surface area contributed by atoms with Crippen molar-refractivity contribution >= 4 is 17.5 Å². The highest BCUT2D eigenvalue weighted by atomic mass is 19.4. The lowest BCUT2D eigenvalue weighted by atomic mass is 10.1. The first kappa shape index (κ1) is 21.2. The average molecular weight is 416 g/mol. The van der Waals surface area contributed by atoms with Crippen molar-refractivity contribution in [3.63, 3.8) is 0 Å². The maximum atomic E-state index is 12.8. The number of rotatable bonds is 5. The molecule has 0 atom stereocenters. The van der Waals surface area contributed by atoms with Gasteiger partial charge in [0, 0.05) is 24.8 Å². The van der Waals surface area contributed by atoms with Gasteiger partial charge in [0.25, 0.3) is 11.8 Å². The van der Waals surface area contributed by atoms with Gasteiger partial charge in [0.15, 0.2) is 5.76 Å². The number of benzene rings is 2. The first-order valence-electron chi connectivity index (χ1n) is 9.02. The van der Waals surface area contributed by atoms with Crippen LogP contribution in [0.3, 0.4) is 0 Å². The summed E-state index contributed by atoms with van der Waals surface area (Å²) in [7, 11) is 1.56. The van der Waals surface area contributed by atoms with Crippen molar-refractivity contribution in [2.45, 2.75) is 19.6 Å². The number of furan rings is 1. The molecule has 8 heteroatoms. The van der Waals surface area contributed by atoms with E-state index in [0.29, 0.717) is 16.8 Å². The minimum atomic E-state index is -4.40. The Morgan fingerprint density at radius 3 is 2.37 bits per heavy atom. The highest BCUT2D eigenvalue weighted by Crippen LogP contribution is 2.29. The summed E-state index contributed by atoms with van der Waals surface area (Å²) in [6, 6.07) is 12.7. The molecule has 2 amide bonds. The summed E-state index contributed by atoms with van der Waals surface area (Å²) in [5.74, 6) is -0.625. The van der Waals surface area contributed by atoms with Gasteiger partial charge in [-0.3, -0.25) is 9.59 Å². The maximum absolute atomic E-state index is 12.8. The van der Waals surface area contributed by atoms with Gasteiger partial charge in [0.2, 0.25) is 0 Å². The number of nitrogens with zero attached hydrogens (tertiary/aromatic N) is 1. The molecule has 3 rings (SSSR count).